The van der Waals surface area contributed by atoms with Gasteiger partial charge in [-0.25, -0.2) is 9.97 Å². The number of nitrogen functional groups attached to an aromatic ring is 1. The van der Waals surface area contributed by atoms with Crippen LogP contribution in [0.5, 0.6) is 0 Å². The molecule has 0 aliphatic carbocycles. The molecule has 0 bridgehead atoms. The standard InChI is InChI=1S/C12H17N5OS2/c1-4-17(5-2)12-15-9(13)8(20-12)10(18)16-11-14-7(3)6-19-11/h6H,4-5,13H2,1-3H3,(H,14,16,18). The number of hydrogen-bond donors (Lipinski definition) is 2. The molecular weight excluding hydrogens is 294 g/mol. The number of thiazole rings is 2. The predicted octanol–water partition coefficient (Wildman–Crippen LogP) is 2.59. The quantitative estimate of drug-likeness (QED) is 0.886. The first-order valence-electron chi connectivity index (χ1n) is 6.29. The molecule has 20 heavy (non-hydrogen) atoms. The first-order valence-corrected chi connectivity index (χ1v) is 7.99. The van der Waals surface area contributed by atoms with Crippen LogP contribution in [0.15, 0.2) is 5.38 Å². The monoisotopic (exact) mass is 311 g/mol. The molecule has 0 aliphatic heterocycles. The van der Waals surface area contributed by atoms with Crippen LogP contribution < -0.4 is 16.0 Å². The molecule has 8 heteroatoms. The Morgan fingerprint density at radius 2 is 2.10 bits per heavy atom. The first kappa shape index (κ1) is 14.7. The zero-order chi connectivity index (χ0) is 14.7. The topological polar surface area (TPSA) is 84.1 Å². The maximum atomic E-state index is 12.2. The van der Waals surface area contributed by atoms with Gasteiger partial charge in [-0.1, -0.05) is 11.3 Å². The normalized spacial score (nSPS) is 10.6. The lowest BCUT2D eigenvalue weighted by molar-refractivity contribution is 0.103. The molecule has 2 heterocycles. The van der Waals surface area contributed by atoms with Gasteiger partial charge in [0.05, 0.1) is 5.69 Å². The number of rotatable bonds is 5. The number of aromatic nitrogens is 2. The highest BCUT2D eigenvalue weighted by molar-refractivity contribution is 7.18. The van der Waals surface area contributed by atoms with Crippen molar-refractivity contribution in [2.45, 2.75) is 20.8 Å². The summed E-state index contributed by atoms with van der Waals surface area (Å²) in [7, 11) is 0. The number of carbonyl (C=O) groups is 1. The molecule has 2 aromatic heterocycles. The van der Waals surface area contributed by atoms with Gasteiger partial charge in [-0.15, -0.1) is 11.3 Å². The van der Waals surface area contributed by atoms with Crippen LogP contribution in [0.4, 0.5) is 16.1 Å². The van der Waals surface area contributed by atoms with Crippen molar-refractivity contribution in [2.24, 2.45) is 0 Å². The second-order valence-corrected chi connectivity index (χ2v) is 5.97. The summed E-state index contributed by atoms with van der Waals surface area (Å²) >= 11 is 2.70. The minimum atomic E-state index is -0.257. The summed E-state index contributed by atoms with van der Waals surface area (Å²) in [6.07, 6.45) is 0. The van der Waals surface area contributed by atoms with Crippen molar-refractivity contribution in [3.05, 3.63) is 16.0 Å². The first-order chi connectivity index (χ1) is 9.55. The average molecular weight is 311 g/mol. The van der Waals surface area contributed by atoms with Gasteiger partial charge in [-0.3, -0.25) is 10.1 Å². The Hall–Kier alpha value is -1.67. The zero-order valence-electron chi connectivity index (χ0n) is 11.6. The Kier molecular flexibility index (Phi) is 4.56. The Morgan fingerprint density at radius 3 is 2.65 bits per heavy atom. The van der Waals surface area contributed by atoms with Crippen molar-refractivity contribution in [1.29, 1.82) is 0 Å². The molecule has 2 rings (SSSR count). The zero-order valence-corrected chi connectivity index (χ0v) is 13.3. The number of anilines is 3. The third kappa shape index (κ3) is 3.07. The van der Waals surface area contributed by atoms with Gasteiger partial charge in [0, 0.05) is 18.5 Å². The number of hydrogen-bond acceptors (Lipinski definition) is 7. The van der Waals surface area contributed by atoms with Crippen molar-refractivity contribution >= 4 is 44.7 Å². The van der Waals surface area contributed by atoms with E-state index in [1.54, 1.807) is 0 Å². The van der Waals surface area contributed by atoms with Crippen molar-refractivity contribution in [2.75, 3.05) is 29.0 Å². The van der Waals surface area contributed by atoms with Crippen LogP contribution in [0.3, 0.4) is 0 Å². The highest BCUT2D eigenvalue weighted by Crippen LogP contribution is 2.29. The van der Waals surface area contributed by atoms with E-state index in [2.05, 4.69) is 20.2 Å². The number of aryl methyl sites for hydroxylation is 1. The summed E-state index contributed by atoms with van der Waals surface area (Å²) in [5, 5.41) is 5.98. The lowest BCUT2D eigenvalue weighted by atomic mass is 10.4. The van der Waals surface area contributed by atoms with E-state index in [9.17, 15) is 4.79 Å². The van der Waals surface area contributed by atoms with Gasteiger partial charge in [0.1, 0.15) is 10.7 Å². The maximum Gasteiger partial charge on any atom is 0.271 e. The smallest absolute Gasteiger partial charge is 0.271 e. The third-order valence-corrected chi connectivity index (χ3v) is 4.73. The number of nitrogens with one attached hydrogen (secondary N) is 1. The molecule has 0 aliphatic rings. The number of carbonyl (C=O) groups excluding carboxylic acids is 1. The molecule has 0 saturated heterocycles. The highest BCUT2D eigenvalue weighted by Gasteiger charge is 2.19. The van der Waals surface area contributed by atoms with Crippen LogP contribution in [0.25, 0.3) is 0 Å². The largest absolute Gasteiger partial charge is 0.382 e. The van der Waals surface area contributed by atoms with Crippen LogP contribution in [-0.4, -0.2) is 29.0 Å². The van der Waals surface area contributed by atoms with E-state index in [1.807, 2.05) is 26.2 Å². The van der Waals surface area contributed by atoms with E-state index in [0.29, 0.717) is 10.0 Å². The van der Waals surface area contributed by atoms with E-state index < -0.39 is 0 Å². The Balaban J connectivity index is 2.17. The van der Waals surface area contributed by atoms with E-state index >= 15 is 0 Å². The van der Waals surface area contributed by atoms with Gasteiger partial charge in [-0.05, 0) is 20.8 Å². The van der Waals surface area contributed by atoms with Crippen LogP contribution in [-0.2, 0) is 0 Å². The molecular formula is C12H17N5OS2. The predicted molar refractivity (Wildman–Crippen MR) is 84.9 cm³/mol. The maximum absolute atomic E-state index is 12.2. The molecule has 6 nitrogen and oxygen atoms in total. The Bertz CT molecular complexity index is 603. The third-order valence-electron chi connectivity index (χ3n) is 2.72. The van der Waals surface area contributed by atoms with E-state index in [4.69, 9.17) is 5.73 Å². The summed E-state index contributed by atoms with van der Waals surface area (Å²) < 4.78 is 0. The van der Waals surface area contributed by atoms with E-state index in [-0.39, 0.29) is 11.7 Å². The second-order valence-electron chi connectivity index (χ2n) is 4.13. The fraction of sp³-hybridized carbons (Fsp3) is 0.417. The van der Waals surface area contributed by atoms with Crippen molar-refractivity contribution in [3.8, 4) is 0 Å². The summed E-state index contributed by atoms with van der Waals surface area (Å²) in [5.74, 6) is 0.00966. The summed E-state index contributed by atoms with van der Waals surface area (Å²) in [5.41, 5.74) is 6.72. The fourth-order valence-corrected chi connectivity index (χ4v) is 3.37. The SMILES string of the molecule is CCN(CC)c1nc(N)c(C(=O)Nc2nc(C)cs2)s1. The molecule has 1 amide bonds. The number of nitrogens with two attached hydrogens (primary N) is 1. The van der Waals surface area contributed by atoms with E-state index in [0.717, 1.165) is 23.9 Å². The second kappa shape index (κ2) is 6.19. The van der Waals surface area contributed by atoms with Crippen molar-refractivity contribution in [3.63, 3.8) is 0 Å². The molecule has 3 N–H and O–H groups in total. The molecule has 108 valence electrons. The lowest BCUT2D eigenvalue weighted by Crippen LogP contribution is -2.21. The van der Waals surface area contributed by atoms with Gasteiger partial charge < -0.3 is 10.6 Å². The molecule has 0 saturated carbocycles. The highest BCUT2D eigenvalue weighted by atomic mass is 32.1. The van der Waals surface area contributed by atoms with Gasteiger partial charge in [0.15, 0.2) is 10.3 Å². The minimum absolute atomic E-state index is 0.257. The molecule has 0 radical (unpaired) electrons. The van der Waals surface area contributed by atoms with Crippen molar-refractivity contribution in [1.82, 2.24) is 9.97 Å². The van der Waals surface area contributed by atoms with Crippen LogP contribution >= 0.6 is 22.7 Å². The minimum Gasteiger partial charge on any atom is -0.382 e. The molecule has 0 fully saturated rings. The molecule has 0 spiro atoms. The average Bonchev–Trinajstić information content (AvgIpc) is 2.98. The fourth-order valence-electron chi connectivity index (χ4n) is 1.68. The lowest BCUT2D eigenvalue weighted by Gasteiger charge is -2.16. The van der Waals surface area contributed by atoms with Crippen LogP contribution in [0, 0.1) is 6.92 Å². The van der Waals surface area contributed by atoms with Gasteiger partial charge in [0.25, 0.3) is 5.91 Å². The number of amides is 1. The van der Waals surface area contributed by atoms with Gasteiger partial charge >= 0.3 is 0 Å². The Labute approximate surface area is 125 Å². The van der Waals surface area contributed by atoms with E-state index in [1.165, 1.54) is 22.7 Å². The van der Waals surface area contributed by atoms with Crippen LogP contribution in [0.2, 0.25) is 0 Å². The van der Waals surface area contributed by atoms with Crippen molar-refractivity contribution < 1.29 is 4.79 Å². The Morgan fingerprint density at radius 1 is 1.40 bits per heavy atom. The van der Waals surface area contributed by atoms with Crippen LogP contribution in [0.1, 0.15) is 29.2 Å². The van der Waals surface area contributed by atoms with Gasteiger partial charge in [0.2, 0.25) is 0 Å². The molecule has 0 unspecified atom stereocenters. The molecule has 0 atom stereocenters. The number of nitrogens with zero attached hydrogens (tertiary/aromatic N) is 3. The molecule has 2 aromatic rings. The summed E-state index contributed by atoms with van der Waals surface area (Å²) in [6, 6.07) is 0. The van der Waals surface area contributed by atoms with Gasteiger partial charge in [-0.2, -0.15) is 0 Å². The summed E-state index contributed by atoms with van der Waals surface area (Å²) in [4.78, 5) is 23.1. The molecule has 0 aromatic carbocycles. The summed E-state index contributed by atoms with van der Waals surface area (Å²) in [6.45, 7) is 7.62.